The number of ether oxygens (including phenoxy) is 3. The van der Waals surface area contributed by atoms with Crippen LogP contribution in [0, 0.1) is 0 Å². The molecule has 0 spiro atoms. The molecule has 0 amide bonds. The Hall–Kier alpha value is -0.630. The summed E-state index contributed by atoms with van der Waals surface area (Å²) in [6.45, 7) is 0.300. The summed E-state index contributed by atoms with van der Waals surface area (Å²) >= 11 is 1.38. The lowest BCUT2D eigenvalue weighted by Crippen LogP contribution is -2.58. The summed E-state index contributed by atoms with van der Waals surface area (Å²) in [5, 5.41) is 20.3. The smallest absolute Gasteiger partial charge is 0.136 e. The molecule has 5 nitrogen and oxygen atoms in total. The van der Waals surface area contributed by atoms with Crippen LogP contribution in [-0.4, -0.2) is 60.9 Å². The average molecular weight is 300 g/mol. The molecule has 1 saturated heterocycles. The van der Waals surface area contributed by atoms with Gasteiger partial charge in [0, 0.05) is 19.1 Å². The molecule has 1 heterocycles. The van der Waals surface area contributed by atoms with E-state index in [9.17, 15) is 10.2 Å². The lowest BCUT2D eigenvalue weighted by Gasteiger charge is -2.41. The van der Waals surface area contributed by atoms with E-state index in [4.69, 9.17) is 14.2 Å². The fraction of sp³-hybridized carbons (Fsp3) is 0.571. The summed E-state index contributed by atoms with van der Waals surface area (Å²) in [6, 6.07) is 9.62. The molecular formula is C14H20O5S. The first kappa shape index (κ1) is 15.8. The second-order valence-corrected chi connectivity index (χ2v) is 5.78. The highest BCUT2D eigenvalue weighted by molar-refractivity contribution is 7.99. The minimum atomic E-state index is -1.02. The maximum absolute atomic E-state index is 10.2. The van der Waals surface area contributed by atoms with E-state index < -0.39 is 29.9 Å². The van der Waals surface area contributed by atoms with Crippen LogP contribution in [0.2, 0.25) is 0 Å². The number of benzene rings is 1. The summed E-state index contributed by atoms with van der Waals surface area (Å²) in [5.74, 6) is 0. The molecule has 1 aliphatic rings. The molecule has 0 bridgehead atoms. The van der Waals surface area contributed by atoms with Crippen LogP contribution < -0.4 is 0 Å². The van der Waals surface area contributed by atoms with Crippen molar-refractivity contribution < 1.29 is 24.4 Å². The van der Waals surface area contributed by atoms with Crippen LogP contribution in [0.3, 0.4) is 0 Å². The zero-order valence-electron chi connectivity index (χ0n) is 11.5. The molecule has 0 aromatic heterocycles. The van der Waals surface area contributed by atoms with Crippen LogP contribution in [0.25, 0.3) is 0 Å². The summed E-state index contributed by atoms with van der Waals surface area (Å²) < 4.78 is 16.1. The number of hydrogen-bond acceptors (Lipinski definition) is 6. The van der Waals surface area contributed by atoms with Gasteiger partial charge in [-0.1, -0.05) is 30.0 Å². The quantitative estimate of drug-likeness (QED) is 0.842. The van der Waals surface area contributed by atoms with Crippen LogP contribution in [0.5, 0.6) is 0 Å². The zero-order valence-corrected chi connectivity index (χ0v) is 12.3. The van der Waals surface area contributed by atoms with Gasteiger partial charge in [0.2, 0.25) is 0 Å². The monoisotopic (exact) mass is 300 g/mol. The number of aliphatic hydroxyl groups excluding tert-OH is 2. The first-order chi connectivity index (χ1) is 9.67. The van der Waals surface area contributed by atoms with E-state index in [0.717, 1.165) is 4.90 Å². The molecule has 6 heteroatoms. The van der Waals surface area contributed by atoms with Crippen LogP contribution in [0.15, 0.2) is 35.2 Å². The summed E-state index contributed by atoms with van der Waals surface area (Å²) in [4.78, 5) is 0.968. The highest BCUT2D eigenvalue weighted by Crippen LogP contribution is 2.34. The minimum absolute atomic E-state index is 0.300. The van der Waals surface area contributed by atoms with Gasteiger partial charge in [0.05, 0.1) is 6.61 Å². The second kappa shape index (κ2) is 7.40. The molecular weight excluding hydrogens is 280 g/mol. The van der Waals surface area contributed by atoms with Gasteiger partial charge in [-0.25, -0.2) is 0 Å². The Morgan fingerprint density at radius 2 is 1.85 bits per heavy atom. The highest BCUT2D eigenvalue weighted by Gasteiger charge is 2.45. The average Bonchev–Trinajstić information content (AvgIpc) is 2.46. The Balaban J connectivity index is 2.09. The van der Waals surface area contributed by atoms with Crippen molar-refractivity contribution in [3.8, 4) is 0 Å². The van der Waals surface area contributed by atoms with Gasteiger partial charge in [-0.3, -0.25) is 0 Å². The SMILES string of the molecule is COC[C@H]1O[C@H](Sc2ccccc2)[C@@H](O)[C@@H](O)[C@@H]1OC. The van der Waals surface area contributed by atoms with Crippen LogP contribution in [0.1, 0.15) is 0 Å². The summed E-state index contributed by atoms with van der Waals surface area (Å²) in [5.41, 5.74) is -0.557. The van der Waals surface area contributed by atoms with Gasteiger partial charge in [0.15, 0.2) is 0 Å². The third kappa shape index (κ3) is 3.52. The van der Waals surface area contributed by atoms with Crippen LogP contribution in [0.4, 0.5) is 0 Å². The Morgan fingerprint density at radius 3 is 2.45 bits per heavy atom. The molecule has 1 fully saturated rings. The number of aliphatic hydroxyl groups is 2. The summed E-state index contributed by atoms with van der Waals surface area (Å²) in [7, 11) is 3.05. The summed E-state index contributed by atoms with van der Waals surface area (Å²) in [6.07, 6.45) is -3.03. The van der Waals surface area contributed by atoms with E-state index in [1.807, 2.05) is 30.3 Å². The van der Waals surface area contributed by atoms with Gasteiger partial charge in [-0.15, -0.1) is 0 Å². The molecule has 0 unspecified atom stereocenters. The molecule has 2 rings (SSSR count). The maximum Gasteiger partial charge on any atom is 0.136 e. The lowest BCUT2D eigenvalue weighted by molar-refractivity contribution is -0.215. The molecule has 1 aromatic carbocycles. The van der Waals surface area contributed by atoms with Gasteiger partial charge in [-0.2, -0.15) is 0 Å². The van der Waals surface area contributed by atoms with Gasteiger partial charge >= 0.3 is 0 Å². The van der Waals surface area contributed by atoms with Crippen molar-refractivity contribution in [1.82, 2.24) is 0 Å². The molecule has 1 aliphatic heterocycles. The van der Waals surface area contributed by atoms with E-state index in [1.165, 1.54) is 18.9 Å². The second-order valence-electron chi connectivity index (χ2n) is 4.61. The number of hydrogen-bond donors (Lipinski definition) is 2. The van der Waals surface area contributed by atoms with E-state index in [1.54, 1.807) is 7.11 Å². The van der Waals surface area contributed by atoms with Crippen molar-refractivity contribution in [2.45, 2.75) is 34.7 Å². The molecule has 1 aromatic rings. The molecule has 2 N–H and O–H groups in total. The Kier molecular flexibility index (Phi) is 5.83. The fourth-order valence-corrected chi connectivity index (χ4v) is 3.31. The van der Waals surface area contributed by atoms with Gasteiger partial charge < -0.3 is 24.4 Å². The van der Waals surface area contributed by atoms with Crippen molar-refractivity contribution in [3.63, 3.8) is 0 Å². The zero-order chi connectivity index (χ0) is 14.5. The van der Waals surface area contributed by atoms with Crippen molar-refractivity contribution in [2.75, 3.05) is 20.8 Å². The van der Waals surface area contributed by atoms with Gasteiger partial charge in [0.25, 0.3) is 0 Å². The lowest BCUT2D eigenvalue weighted by atomic mass is 10.0. The van der Waals surface area contributed by atoms with Gasteiger partial charge in [-0.05, 0) is 12.1 Å². The van der Waals surface area contributed by atoms with Crippen molar-refractivity contribution in [1.29, 1.82) is 0 Å². The standard InChI is InChI=1S/C14H20O5S/c1-17-8-10-13(18-2)11(15)12(16)14(19-10)20-9-6-4-3-5-7-9/h3-7,10-16H,8H2,1-2H3/t10-,11-,12+,13-,14-/m1/s1. The van der Waals surface area contributed by atoms with E-state index >= 15 is 0 Å². The maximum atomic E-state index is 10.2. The Morgan fingerprint density at radius 1 is 1.15 bits per heavy atom. The largest absolute Gasteiger partial charge is 0.387 e. The number of thioether (sulfide) groups is 1. The number of methoxy groups -OCH3 is 2. The van der Waals surface area contributed by atoms with E-state index in [2.05, 4.69) is 0 Å². The Labute approximate surface area is 122 Å². The van der Waals surface area contributed by atoms with Gasteiger partial charge in [0.1, 0.15) is 29.9 Å². The normalized spacial score (nSPS) is 34.1. The molecule has 0 radical (unpaired) electrons. The first-order valence-electron chi connectivity index (χ1n) is 6.42. The van der Waals surface area contributed by atoms with E-state index in [0.29, 0.717) is 6.61 Å². The van der Waals surface area contributed by atoms with Crippen LogP contribution in [-0.2, 0) is 14.2 Å². The highest BCUT2D eigenvalue weighted by atomic mass is 32.2. The molecule has 0 aliphatic carbocycles. The van der Waals surface area contributed by atoms with Crippen molar-refractivity contribution in [3.05, 3.63) is 30.3 Å². The molecule has 0 saturated carbocycles. The third-order valence-corrected chi connectivity index (χ3v) is 4.41. The third-order valence-electron chi connectivity index (χ3n) is 3.24. The predicted molar refractivity (Wildman–Crippen MR) is 75.6 cm³/mol. The fourth-order valence-electron chi connectivity index (χ4n) is 2.23. The van der Waals surface area contributed by atoms with E-state index in [-0.39, 0.29) is 0 Å². The molecule has 20 heavy (non-hydrogen) atoms. The predicted octanol–water partition coefficient (Wildman–Crippen LogP) is 0.887. The molecule has 5 atom stereocenters. The first-order valence-corrected chi connectivity index (χ1v) is 7.30. The molecule has 112 valence electrons. The topological polar surface area (TPSA) is 68.2 Å². The van der Waals surface area contributed by atoms with Crippen molar-refractivity contribution >= 4 is 11.8 Å². The minimum Gasteiger partial charge on any atom is -0.387 e. The number of rotatable bonds is 5. The van der Waals surface area contributed by atoms with Crippen LogP contribution >= 0.6 is 11.8 Å². The van der Waals surface area contributed by atoms with Crippen molar-refractivity contribution in [2.24, 2.45) is 0 Å². The Bertz CT molecular complexity index is 402.